The van der Waals surface area contributed by atoms with Crippen molar-refractivity contribution >= 4 is 5.65 Å². The highest BCUT2D eigenvalue weighted by atomic mass is 19.4. The van der Waals surface area contributed by atoms with Gasteiger partial charge in [0.15, 0.2) is 11.5 Å². The van der Waals surface area contributed by atoms with E-state index < -0.39 is 18.3 Å². The summed E-state index contributed by atoms with van der Waals surface area (Å²) >= 11 is 0. The number of hydrogen-bond donors (Lipinski definition) is 0. The minimum Gasteiger partial charge on any atom is -0.337 e. The van der Waals surface area contributed by atoms with Gasteiger partial charge in [-0.15, -0.1) is 5.10 Å². The fraction of sp³-hybridized carbons (Fsp3) is 0.333. The molecule has 0 aliphatic carbocycles. The van der Waals surface area contributed by atoms with E-state index in [9.17, 15) is 18.0 Å². The van der Waals surface area contributed by atoms with Gasteiger partial charge in [-0.3, -0.25) is 4.40 Å². The van der Waals surface area contributed by atoms with E-state index in [1.165, 1.54) is 4.40 Å². The largest absolute Gasteiger partial charge is 0.389 e. The Hall–Kier alpha value is -2.65. The molecule has 0 amide bonds. The molecule has 22 heavy (non-hydrogen) atoms. The van der Waals surface area contributed by atoms with Crippen molar-refractivity contribution in [2.24, 2.45) is 0 Å². The van der Waals surface area contributed by atoms with Crippen molar-refractivity contribution in [3.63, 3.8) is 0 Å². The summed E-state index contributed by atoms with van der Waals surface area (Å²) in [4.78, 5) is 15.9. The number of nitrogens with zero attached hydrogens (tertiary/aromatic N) is 5. The van der Waals surface area contributed by atoms with E-state index in [4.69, 9.17) is 4.52 Å². The lowest BCUT2D eigenvalue weighted by molar-refractivity contribution is -0.134. The first-order chi connectivity index (χ1) is 10.4. The molecular formula is C12H10F3N5O2. The molecular weight excluding hydrogens is 303 g/mol. The lowest BCUT2D eigenvalue weighted by Gasteiger charge is -2.01. The van der Waals surface area contributed by atoms with Crippen molar-refractivity contribution in [3.05, 3.63) is 46.6 Å². The molecule has 0 radical (unpaired) electrons. The maximum atomic E-state index is 12.1. The predicted molar refractivity (Wildman–Crippen MR) is 67.2 cm³/mol. The zero-order chi connectivity index (χ0) is 15.7. The van der Waals surface area contributed by atoms with E-state index in [1.54, 1.807) is 24.4 Å². The third kappa shape index (κ3) is 3.00. The highest BCUT2D eigenvalue weighted by Gasteiger charge is 2.27. The summed E-state index contributed by atoms with van der Waals surface area (Å²) in [5.74, 6) is -0.0215. The Balaban J connectivity index is 1.77. The zero-order valence-electron chi connectivity index (χ0n) is 11.1. The summed E-state index contributed by atoms with van der Waals surface area (Å²) in [6.45, 7) is -0.0977. The van der Waals surface area contributed by atoms with Gasteiger partial charge >= 0.3 is 11.9 Å². The van der Waals surface area contributed by atoms with Crippen molar-refractivity contribution in [2.45, 2.75) is 25.6 Å². The first-order valence-corrected chi connectivity index (χ1v) is 6.35. The fourth-order valence-corrected chi connectivity index (χ4v) is 1.91. The molecule has 0 spiro atoms. The number of aryl methyl sites for hydroxylation is 1. The van der Waals surface area contributed by atoms with Crippen LogP contribution < -0.4 is 5.69 Å². The normalized spacial score (nSPS) is 12.1. The van der Waals surface area contributed by atoms with Gasteiger partial charge in [0.1, 0.15) is 6.54 Å². The van der Waals surface area contributed by atoms with Crippen molar-refractivity contribution in [3.8, 4) is 0 Å². The lowest BCUT2D eigenvalue weighted by Crippen LogP contribution is -2.21. The van der Waals surface area contributed by atoms with E-state index in [2.05, 4.69) is 15.2 Å². The van der Waals surface area contributed by atoms with Gasteiger partial charge in [0.25, 0.3) is 0 Å². The summed E-state index contributed by atoms with van der Waals surface area (Å²) in [7, 11) is 0. The molecule has 3 rings (SSSR count). The van der Waals surface area contributed by atoms with E-state index in [1.807, 2.05) is 0 Å². The van der Waals surface area contributed by atoms with Crippen LogP contribution in [-0.4, -0.2) is 30.5 Å². The van der Waals surface area contributed by atoms with Crippen LogP contribution in [0, 0.1) is 0 Å². The summed E-state index contributed by atoms with van der Waals surface area (Å²) < 4.78 is 43.7. The Kier molecular flexibility index (Phi) is 3.43. The topological polar surface area (TPSA) is 78.2 Å². The average Bonchev–Trinajstić information content (AvgIpc) is 3.03. The Morgan fingerprint density at radius 2 is 2.09 bits per heavy atom. The minimum atomic E-state index is -4.28. The molecule has 3 aromatic heterocycles. The van der Waals surface area contributed by atoms with E-state index in [-0.39, 0.29) is 24.7 Å². The molecule has 0 unspecified atom stereocenters. The molecule has 0 atom stereocenters. The standard InChI is InChI=1S/C12H10F3N5O2/c13-12(14,15)5-4-8-16-10(22-18-8)7-20-11(21)19-6-2-1-3-9(19)17-20/h1-3,6H,4-5,7H2. The number of halogens is 3. The molecule has 0 aliphatic heterocycles. The fourth-order valence-electron chi connectivity index (χ4n) is 1.91. The Morgan fingerprint density at radius 3 is 2.82 bits per heavy atom. The van der Waals surface area contributed by atoms with Crippen LogP contribution in [0.1, 0.15) is 18.1 Å². The van der Waals surface area contributed by atoms with Gasteiger partial charge in [-0.2, -0.15) is 18.2 Å². The monoisotopic (exact) mass is 313 g/mol. The molecule has 0 aliphatic rings. The summed E-state index contributed by atoms with van der Waals surface area (Å²) in [6.07, 6.45) is -4.11. The van der Waals surface area contributed by atoms with Crippen LogP contribution in [0.4, 0.5) is 13.2 Å². The highest BCUT2D eigenvalue weighted by Crippen LogP contribution is 2.21. The van der Waals surface area contributed by atoms with Gasteiger partial charge < -0.3 is 4.52 Å². The molecule has 7 nitrogen and oxygen atoms in total. The first-order valence-electron chi connectivity index (χ1n) is 6.35. The van der Waals surface area contributed by atoms with Crippen LogP contribution in [0.2, 0.25) is 0 Å². The molecule has 10 heteroatoms. The average molecular weight is 313 g/mol. The van der Waals surface area contributed by atoms with E-state index in [0.717, 1.165) is 4.68 Å². The van der Waals surface area contributed by atoms with Gasteiger partial charge in [-0.25, -0.2) is 9.48 Å². The van der Waals surface area contributed by atoms with E-state index in [0.29, 0.717) is 5.65 Å². The van der Waals surface area contributed by atoms with Crippen molar-refractivity contribution in [1.29, 1.82) is 0 Å². The van der Waals surface area contributed by atoms with Crippen LogP contribution in [0.5, 0.6) is 0 Å². The van der Waals surface area contributed by atoms with Gasteiger partial charge in [-0.1, -0.05) is 11.2 Å². The predicted octanol–water partition coefficient (Wildman–Crippen LogP) is 1.42. The number of hydrogen-bond acceptors (Lipinski definition) is 5. The third-order valence-electron chi connectivity index (χ3n) is 2.92. The quantitative estimate of drug-likeness (QED) is 0.728. The second-order valence-electron chi connectivity index (χ2n) is 4.59. The lowest BCUT2D eigenvalue weighted by atomic mass is 10.3. The molecule has 0 N–H and O–H groups in total. The second-order valence-corrected chi connectivity index (χ2v) is 4.59. The molecule has 0 aromatic carbocycles. The minimum absolute atomic E-state index is 0.0303. The van der Waals surface area contributed by atoms with Crippen LogP contribution in [0.25, 0.3) is 5.65 Å². The van der Waals surface area contributed by atoms with E-state index >= 15 is 0 Å². The SMILES string of the molecule is O=c1n(Cc2nc(CCC(F)(F)F)no2)nc2ccccn12. The Morgan fingerprint density at radius 1 is 1.27 bits per heavy atom. The van der Waals surface area contributed by atoms with Crippen LogP contribution in [0.15, 0.2) is 33.7 Å². The molecule has 3 aromatic rings. The summed E-state index contributed by atoms with van der Waals surface area (Å²) in [5.41, 5.74) is 0.0509. The Bertz CT molecular complexity index is 848. The zero-order valence-corrected chi connectivity index (χ0v) is 11.1. The van der Waals surface area contributed by atoms with Gasteiger partial charge in [0.2, 0.25) is 5.89 Å². The molecule has 0 saturated heterocycles. The first kappa shape index (κ1) is 14.3. The second kappa shape index (κ2) is 5.28. The highest BCUT2D eigenvalue weighted by molar-refractivity contribution is 5.35. The number of rotatable bonds is 4. The maximum Gasteiger partial charge on any atom is 0.389 e. The maximum absolute atomic E-state index is 12.1. The number of alkyl halides is 3. The number of pyridine rings is 1. The Labute approximate surface area is 121 Å². The van der Waals surface area contributed by atoms with Crippen LogP contribution >= 0.6 is 0 Å². The van der Waals surface area contributed by atoms with Crippen molar-refractivity contribution < 1.29 is 17.7 Å². The number of aromatic nitrogens is 5. The summed E-state index contributed by atoms with van der Waals surface area (Å²) in [6, 6.07) is 5.07. The molecule has 116 valence electrons. The van der Waals surface area contributed by atoms with Crippen molar-refractivity contribution in [1.82, 2.24) is 24.3 Å². The smallest absolute Gasteiger partial charge is 0.337 e. The van der Waals surface area contributed by atoms with Crippen LogP contribution in [0.3, 0.4) is 0 Å². The molecule has 3 heterocycles. The molecule has 0 bridgehead atoms. The van der Waals surface area contributed by atoms with Gasteiger partial charge in [0.05, 0.1) is 6.42 Å². The number of fused-ring (bicyclic) bond motifs is 1. The molecule has 0 fully saturated rings. The molecule has 0 saturated carbocycles. The van der Waals surface area contributed by atoms with Gasteiger partial charge in [-0.05, 0) is 12.1 Å². The third-order valence-corrected chi connectivity index (χ3v) is 2.92. The van der Waals surface area contributed by atoms with Crippen LogP contribution in [-0.2, 0) is 13.0 Å². The summed E-state index contributed by atoms with van der Waals surface area (Å²) in [5, 5.41) is 7.52. The van der Waals surface area contributed by atoms with Gasteiger partial charge in [0, 0.05) is 12.6 Å². The van der Waals surface area contributed by atoms with Crippen molar-refractivity contribution in [2.75, 3.05) is 0 Å².